The third kappa shape index (κ3) is 3.79. The molecule has 2 N–H and O–H groups in total. The van der Waals surface area contributed by atoms with E-state index in [2.05, 4.69) is 10.3 Å². The Bertz CT molecular complexity index is 509. The Labute approximate surface area is 127 Å². The van der Waals surface area contributed by atoms with Crippen molar-refractivity contribution in [2.24, 2.45) is 5.41 Å². The Balaban J connectivity index is 1.96. The van der Waals surface area contributed by atoms with Gasteiger partial charge in [0, 0.05) is 19.0 Å². The first-order chi connectivity index (χ1) is 10.1. The van der Waals surface area contributed by atoms with Crippen LogP contribution in [0, 0.1) is 5.41 Å². The fourth-order valence-electron chi connectivity index (χ4n) is 2.64. The second kappa shape index (κ2) is 7.00. The van der Waals surface area contributed by atoms with Crippen LogP contribution >= 0.6 is 11.3 Å². The van der Waals surface area contributed by atoms with Gasteiger partial charge in [0.25, 0.3) is 5.91 Å². The molecule has 1 heterocycles. The van der Waals surface area contributed by atoms with E-state index >= 15 is 0 Å². The van der Waals surface area contributed by atoms with Gasteiger partial charge in [-0.2, -0.15) is 0 Å². The van der Waals surface area contributed by atoms with Gasteiger partial charge in [0.05, 0.1) is 12.0 Å². The smallest absolute Gasteiger partial charge is 0.311 e. The molecular weight excluding hydrogens is 292 g/mol. The molecule has 1 fully saturated rings. The Kier molecular flexibility index (Phi) is 5.30. The normalized spacial score (nSPS) is 17.4. The first-order valence-corrected chi connectivity index (χ1v) is 7.90. The summed E-state index contributed by atoms with van der Waals surface area (Å²) < 4.78 is 4.96. The Hall–Kier alpha value is -1.47. The van der Waals surface area contributed by atoms with Gasteiger partial charge < -0.3 is 15.2 Å². The van der Waals surface area contributed by atoms with Crippen LogP contribution in [0.25, 0.3) is 0 Å². The number of hydrogen-bond donors (Lipinski definition) is 2. The maximum atomic E-state index is 12.1. The van der Waals surface area contributed by atoms with Crippen molar-refractivity contribution in [2.45, 2.75) is 38.7 Å². The number of aliphatic carboxylic acids is 1. The SMILES string of the molecule is COCc1nc(C(=O)NCC2(C(=O)O)CCCCC2)cs1. The first-order valence-electron chi connectivity index (χ1n) is 7.02. The molecule has 21 heavy (non-hydrogen) atoms. The molecule has 6 nitrogen and oxygen atoms in total. The summed E-state index contributed by atoms with van der Waals surface area (Å²) in [5, 5.41) is 14.6. The number of carboxylic acid groups (broad SMARTS) is 1. The van der Waals surface area contributed by atoms with Crippen LogP contribution in [0.15, 0.2) is 5.38 Å². The summed E-state index contributed by atoms with van der Waals surface area (Å²) in [5.74, 6) is -1.14. The zero-order chi connectivity index (χ0) is 15.3. The molecule has 1 saturated carbocycles. The van der Waals surface area contributed by atoms with Gasteiger partial charge in [-0.3, -0.25) is 9.59 Å². The number of rotatable bonds is 6. The monoisotopic (exact) mass is 312 g/mol. The van der Waals surface area contributed by atoms with Crippen molar-refractivity contribution in [1.82, 2.24) is 10.3 Å². The average Bonchev–Trinajstić information content (AvgIpc) is 2.95. The van der Waals surface area contributed by atoms with Crippen molar-refractivity contribution < 1.29 is 19.4 Å². The van der Waals surface area contributed by atoms with Crippen LogP contribution in [0.1, 0.15) is 47.6 Å². The van der Waals surface area contributed by atoms with Gasteiger partial charge in [0.1, 0.15) is 10.7 Å². The van der Waals surface area contributed by atoms with Gasteiger partial charge in [-0.25, -0.2) is 4.98 Å². The largest absolute Gasteiger partial charge is 0.481 e. The van der Waals surface area contributed by atoms with Crippen LogP contribution in [0.3, 0.4) is 0 Å². The third-order valence-electron chi connectivity index (χ3n) is 3.90. The molecule has 1 amide bonds. The number of methoxy groups -OCH3 is 1. The number of carbonyl (C=O) groups excluding carboxylic acids is 1. The van der Waals surface area contributed by atoms with Crippen molar-refractivity contribution in [2.75, 3.05) is 13.7 Å². The van der Waals surface area contributed by atoms with Gasteiger partial charge in [-0.15, -0.1) is 11.3 Å². The average molecular weight is 312 g/mol. The molecule has 0 radical (unpaired) electrons. The number of nitrogens with one attached hydrogen (secondary N) is 1. The molecule has 0 aromatic carbocycles. The highest BCUT2D eigenvalue weighted by molar-refractivity contribution is 7.09. The predicted molar refractivity (Wildman–Crippen MR) is 78.3 cm³/mol. The molecule has 0 bridgehead atoms. The van der Waals surface area contributed by atoms with E-state index in [0.29, 0.717) is 25.1 Å². The van der Waals surface area contributed by atoms with Crippen LogP contribution in [0.4, 0.5) is 0 Å². The van der Waals surface area contributed by atoms with E-state index in [4.69, 9.17) is 4.74 Å². The molecule has 0 aliphatic heterocycles. The number of thiazole rings is 1. The lowest BCUT2D eigenvalue weighted by Crippen LogP contribution is -2.44. The lowest BCUT2D eigenvalue weighted by molar-refractivity contribution is -0.150. The van der Waals surface area contributed by atoms with E-state index in [-0.39, 0.29) is 12.5 Å². The summed E-state index contributed by atoms with van der Waals surface area (Å²) >= 11 is 1.36. The highest BCUT2D eigenvalue weighted by Crippen LogP contribution is 2.36. The van der Waals surface area contributed by atoms with Crippen LogP contribution in [0.5, 0.6) is 0 Å². The van der Waals surface area contributed by atoms with Gasteiger partial charge in [0.15, 0.2) is 0 Å². The molecule has 1 aliphatic carbocycles. The summed E-state index contributed by atoms with van der Waals surface area (Å²) in [4.78, 5) is 27.8. The molecule has 1 aromatic heterocycles. The molecular formula is C14H20N2O4S. The van der Waals surface area contributed by atoms with Crippen molar-refractivity contribution in [1.29, 1.82) is 0 Å². The number of nitrogens with zero attached hydrogens (tertiary/aromatic N) is 1. The summed E-state index contributed by atoms with van der Waals surface area (Å²) in [6.45, 7) is 0.537. The van der Waals surface area contributed by atoms with Crippen molar-refractivity contribution in [3.63, 3.8) is 0 Å². The molecule has 1 aliphatic rings. The van der Waals surface area contributed by atoms with E-state index in [1.807, 2.05) is 0 Å². The summed E-state index contributed by atoms with van der Waals surface area (Å²) in [7, 11) is 1.57. The molecule has 0 atom stereocenters. The fourth-order valence-corrected chi connectivity index (χ4v) is 3.38. The van der Waals surface area contributed by atoms with Crippen molar-refractivity contribution in [3.8, 4) is 0 Å². The second-order valence-corrected chi connectivity index (χ2v) is 6.33. The zero-order valence-electron chi connectivity index (χ0n) is 12.1. The minimum atomic E-state index is -0.820. The van der Waals surface area contributed by atoms with Crippen molar-refractivity contribution in [3.05, 3.63) is 16.1 Å². The number of carbonyl (C=O) groups is 2. The molecule has 0 spiro atoms. The van der Waals surface area contributed by atoms with Crippen LogP contribution in [-0.2, 0) is 16.1 Å². The second-order valence-electron chi connectivity index (χ2n) is 5.39. The third-order valence-corrected chi connectivity index (χ3v) is 4.73. The Morgan fingerprint density at radius 1 is 1.43 bits per heavy atom. The van der Waals surface area contributed by atoms with E-state index in [0.717, 1.165) is 24.3 Å². The highest BCUT2D eigenvalue weighted by atomic mass is 32.1. The minimum Gasteiger partial charge on any atom is -0.481 e. The number of aromatic nitrogens is 1. The summed E-state index contributed by atoms with van der Waals surface area (Å²) in [5.41, 5.74) is -0.498. The van der Waals surface area contributed by atoms with E-state index in [1.54, 1.807) is 12.5 Å². The van der Waals surface area contributed by atoms with Crippen LogP contribution in [0.2, 0.25) is 0 Å². The standard InChI is InChI=1S/C14H20N2O4S/c1-20-7-11-16-10(8-21-11)12(17)15-9-14(13(18)19)5-3-2-4-6-14/h8H,2-7,9H2,1H3,(H,15,17)(H,18,19). The summed E-state index contributed by atoms with van der Waals surface area (Å²) in [6.07, 6.45) is 4.10. The minimum absolute atomic E-state index is 0.165. The Morgan fingerprint density at radius 3 is 2.76 bits per heavy atom. The van der Waals surface area contributed by atoms with Crippen LogP contribution < -0.4 is 5.32 Å². The zero-order valence-corrected chi connectivity index (χ0v) is 12.9. The number of hydrogen-bond acceptors (Lipinski definition) is 5. The van der Waals surface area contributed by atoms with Gasteiger partial charge in [-0.05, 0) is 12.8 Å². The predicted octanol–water partition coefficient (Wildman–Crippen LogP) is 2.05. The van der Waals surface area contributed by atoms with Gasteiger partial charge in [0.2, 0.25) is 0 Å². The number of ether oxygens (including phenoxy) is 1. The van der Waals surface area contributed by atoms with Gasteiger partial charge in [-0.1, -0.05) is 19.3 Å². The topological polar surface area (TPSA) is 88.5 Å². The number of carboxylic acids is 1. The molecule has 0 saturated heterocycles. The maximum Gasteiger partial charge on any atom is 0.311 e. The summed E-state index contributed by atoms with van der Waals surface area (Å²) in [6, 6.07) is 0. The highest BCUT2D eigenvalue weighted by Gasteiger charge is 2.39. The van der Waals surface area contributed by atoms with E-state index in [1.165, 1.54) is 11.3 Å². The maximum absolute atomic E-state index is 12.1. The quantitative estimate of drug-likeness (QED) is 0.839. The van der Waals surface area contributed by atoms with Crippen molar-refractivity contribution >= 4 is 23.2 Å². The molecule has 1 aromatic rings. The van der Waals surface area contributed by atoms with E-state index in [9.17, 15) is 14.7 Å². The molecule has 0 unspecified atom stereocenters. The molecule has 7 heteroatoms. The van der Waals surface area contributed by atoms with Crippen LogP contribution in [-0.4, -0.2) is 35.6 Å². The van der Waals surface area contributed by atoms with Gasteiger partial charge >= 0.3 is 5.97 Å². The first kappa shape index (κ1) is 15.9. The van der Waals surface area contributed by atoms with E-state index < -0.39 is 11.4 Å². The number of amides is 1. The lowest BCUT2D eigenvalue weighted by Gasteiger charge is -2.33. The Morgan fingerprint density at radius 2 is 2.14 bits per heavy atom. The molecule has 2 rings (SSSR count). The lowest BCUT2D eigenvalue weighted by atomic mass is 9.74. The fraction of sp³-hybridized carbons (Fsp3) is 0.643. The molecule has 116 valence electrons.